The number of thiazole rings is 1. The molecule has 0 saturated heterocycles. The maximum atomic E-state index is 12.3. The summed E-state index contributed by atoms with van der Waals surface area (Å²) in [5.74, 6) is 0.666. The van der Waals surface area contributed by atoms with E-state index in [2.05, 4.69) is 24.1 Å². The van der Waals surface area contributed by atoms with Crippen molar-refractivity contribution in [1.82, 2.24) is 15.2 Å². The van der Waals surface area contributed by atoms with Crippen LogP contribution >= 0.6 is 11.3 Å². The van der Waals surface area contributed by atoms with Crippen molar-refractivity contribution >= 4 is 23.0 Å². The minimum absolute atomic E-state index is 0.0169. The third-order valence-corrected chi connectivity index (χ3v) is 5.18. The lowest BCUT2D eigenvalue weighted by Gasteiger charge is -2.24. The van der Waals surface area contributed by atoms with Gasteiger partial charge < -0.3 is 4.90 Å². The lowest BCUT2D eigenvalue weighted by Crippen LogP contribution is -2.47. The topological polar surface area (TPSA) is 62.3 Å². The molecule has 0 aromatic carbocycles. The Morgan fingerprint density at radius 3 is 2.29 bits per heavy atom. The molecule has 1 atom stereocenters. The van der Waals surface area contributed by atoms with Gasteiger partial charge in [-0.2, -0.15) is 0 Å². The largest absolute Gasteiger partial charge is 0.339 e. The van der Waals surface area contributed by atoms with Crippen LogP contribution in [0.25, 0.3) is 0 Å². The molecule has 0 aliphatic rings. The Bertz CT molecular complexity index is 552. The lowest BCUT2D eigenvalue weighted by atomic mass is 9.93. The summed E-state index contributed by atoms with van der Waals surface area (Å²) in [6.45, 7) is 12.7. The average molecular weight is 354 g/mol. The zero-order valence-corrected chi connectivity index (χ0v) is 16.7. The molecule has 0 bridgehead atoms. The molecule has 6 heteroatoms. The molecule has 1 unspecified atom stereocenters. The SMILES string of the molecule is CC(C)C(=O)C(NCC(=O)N(C)Cc1cnc(C(C)C)s1)C(C)C. The van der Waals surface area contributed by atoms with E-state index in [9.17, 15) is 9.59 Å². The van der Waals surface area contributed by atoms with Gasteiger partial charge in [-0.05, 0) is 5.92 Å². The van der Waals surface area contributed by atoms with Gasteiger partial charge in [-0.25, -0.2) is 4.98 Å². The molecule has 5 nitrogen and oxygen atoms in total. The van der Waals surface area contributed by atoms with E-state index in [1.807, 2.05) is 33.9 Å². The van der Waals surface area contributed by atoms with E-state index >= 15 is 0 Å². The van der Waals surface area contributed by atoms with Crippen LogP contribution in [0, 0.1) is 11.8 Å². The number of carbonyl (C=O) groups is 2. The van der Waals surface area contributed by atoms with Gasteiger partial charge in [0.05, 0.1) is 24.1 Å². The Hall–Kier alpha value is -1.27. The summed E-state index contributed by atoms with van der Waals surface area (Å²) in [5, 5.41) is 4.23. The monoisotopic (exact) mass is 353 g/mol. The minimum Gasteiger partial charge on any atom is -0.339 e. The zero-order chi connectivity index (χ0) is 18.4. The van der Waals surface area contributed by atoms with Gasteiger partial charge >= 0.3 is 0 Å². The number of hydrogen-bond donors (Lipinski definition) is 1. The van der Waals surface area contributed by atoms with Crippen LogP contribution < -0.4 is 5.32 Å². The number of hydrogen-bond acceptors (Lipinski definition) is 5. The summed E-state index contributed by atoms with van der Waals surface area (Å²) >= 11 is 1.65. The second-order valence-electron chi connectivity index (χ2n) is 7.23. The second kappa shape index (κ2) is 9.28. The highest BCUT2D eigenvalue weighted by Gasteiger charge is 2.25. The first-order valence-electron chi connectivity index (χ1n) is 8.59. The fourth-order valence-corrected chi connectivity index (χ4v) is 3.31. The van der Waals surface area contributed by atoms with E-state index in [0.717, 1.165) is 9.88 Å². The van der Waals surface area contributed by atoms with E-state index in [-0.39, 0.29) is 36.1 Å². The van der Waals surface area contributed by atoms with E-state index in [1.165, 1.54) is 0 Å². The van der Waals surface area contributed by atoms with Crippen molar-refractivity contribution in [3.63, 3.8) is 0 Å². The van der Waals surface area contributed by atoms with Crippen LogP contribution in [-0.2, 0) is 16.1 Å². The van der Waals surface area contributed by atoms with Crippen LogP contribution in [0.5, 0.6) is 0 Å². The van der Waals surface area contributed by atoms with E-state index in [4.69, 9.17) is 0 Å². The van der Waals surface area contributed by atoms with Crippen molar-refractivity contribution in [2.24, 2.45) is 11.8 Å². The van der Waals surface area contributed by atoms with Crippen LogP contribution in [-0.4, -0.2) is 41.2 Å². The van der Waals surface area contributed by atoms with Crippen LogP contribution in [0.3, 0.4) is 0 Å². The molecule has 0 aliphatic heterocycles. The number of likely N-dealkylation sites (N-methyl/N-ethyl adjacent to an activating group) is 1. The number of nitrogens with zero attached hydrogens (tertiary/aromatic N) is 2. The van der Waals surface area contributed by atoms with Gasteiger partial charge in [-0.1, -0.05) is 41.5 Å². The summed E-state index contributed by atoms with van der Waals surface area (Å²) < 4.78 is 0. The summed E-state index contributed by atoms with van der Waals surface area (Å²) in [4.78, 5) is 31.7. The summed E-state index contributed by atoms with van der Waals surface area (Å²) in [6, 6.07) is -0.279. The Morgan fingerprint density at radius 1 is 1.21 bits per heavy atom. The fourth-order valence-electron chi connectivity index (χ4n) is 2.34. The third-order valence-electron chi connectivity index (χ3n) is 3.90. The molecule has 1 aromatic rings. The number of nitrogens with one attached hydrogen (secondary N) is 1. The molecule has 0 aliphatic carbocycles. The first-order chi connectivity index (χ1) is 11.1. The second-order valence-corrected chi connectivity index (χ2v) is 8.38. The Balaban J connectivity index is 2.57. The van der Waals surface area contributed by atoms with E-state index in [0.29, 0.717) is 12.5 Å². The van der Waals surface area contributed by atoms with Gasteiger partial charge in [0.2, 0.25) is 5.91 Å². The van der Waals surface area contributed by atoms with Gasteiger partial charge in [0, 0.05) is 30.0 Å². The first kappa shape index (κ1) is 20.8. The molecule has 0 radical (unpaired) electrons. The van der Waals surface area contributed by atoms with Crippen molar-refractivity contribution < 1.29 is 9.59 Å². The number of rotatable bonds is 9. The molecule has 1 amide bonds. The standard InChI is InChI=1S/C18H31N3O2S/c1-11(2)16(17(23)12(3)4)19-9-15(22)21(7)10-14-8-20-18(24-14)13(5)6/h8,11-13,16,19H,9-10H2,1-7H3. The van der Waals surface area contributed by atoms with Crippen LogP contribution in [0.4, 0.5) is 0 Å². The lowest BCUT2D eigenvalue weighted by molar-refractivity contribution is -0.130. The van der Waals surface area contributed by atoms with E-state index < -0.39 is 0 Å². The van der Waals surface area contributed by atoms with Crippen molar-refractivity contribution in [1.29, 1.82) is 0 Å². The number of amides is 1. The first-order valence-corrected chi connectivity index (χ1v) is 9.40. The molecule has 0 saturated carbocycles. The molecule has 1 N–H and O–H groups in total. The predicted molar refractivity (Wildman–Crippen MR) is 99.2 cm³/mol. The van der Waals surface area contributed by atoms with Crippen molar-refractivity contribution in [3.8, 4) is 0 Å². The Kier molecular flexibility index (Phi) is 8.03. The molecule has 1 heterocycles. The maximum absolute atomic E-state index is 12.3. The summed E-state index contributed by atoms with van der Waals surface area (Å²) in [5.41, 5.74) is 0. The normalized spacial score (nSPS) is 12.9. The molecule has 136 valence electrons. The number of ketones is 1. The van der Waals surface area contributed by atoms with Crippen LogP contribution in [0.2, 0.25) is 0 Å². The van der Waals surface area contributed by atoms with Crippen LogP contribution in [0.15, 0.2) is 6.20 Å². The third kappa shape index (κ3) is 5.98. The maximum Gasteiger partial charge on any atom is 0.236 e. The molecular formula is C18H31N3O2S. The van der Waals surface area contributed by atoms with Crippen molar-refractivity contribution in [3.05, 3.63) is 16.1 Å². The van der Waals surface area contributed by atoms with Gasteiger partial charge in [0.15, 0.2) is 5.78 Å². The quantitative estimate of drug-likeness (QED) is 0.741. The molecule has 24 heavy (non-hydrogen) atoms. The van der Waals surface area contributed by atoms with Gasteiger partial charge in [0.1, 0.15) is 0 Å². The van der Waals surface area contributed by atoms with Gasteiger partial charge in [0.25, 0.3) is 0 Å². The molecule has 1 rings (SSSR count). The minimum atomic E-state index is -0.279. The predicted octanol–water partition coefficient (Wildman–Crippen LogP) is 3.06. The van der Waals surface area contributed by atoms with Gasteiger partial charge in [-0.15, -0.1) is 11.3 Å². The fraction of sp³-hybridized carbons (Fsp3) is 0.722. The molecular weight excluding hydrogens is 322 g/mol. The van der Waals surface area contributed by atoms with E-state index in [1.54, 1.807) is 23.3 Å². The molecule has 1 aromatic heterocycles. The highest BCUT2D eigenvalue weighted by atomic mass is 32.1. The number of carbonyl (C=O) groups excluding carboxylic acids is 2. The number of Topliss-reactive ketones (excluding diaryl/α,β-unsaturated/α-hetero) is 1. The van der Waals surface area contributed by atoms with Crippen molar-refractivity contribution in [2.45, 2.75) is 60.0 Å². The highest BCUT2D eigenvalue weighted by molar-refractivity contribution is 7.11. The van der Waals surface area contributed by atoms with Gasteiger partial charge in [-0.3, -0.25) is 14.9 Å². The zero-order valence-electron chi connectivity index (χ0n) is 15.9. The number of aromatic nitrogens is 1. The summed E-state index contributed by atoms with van der Waals surface area (Å²) in [7, 11) is 1.79. The summed E-state index contributed by atoms with van der Waals surface area (Å²) in [6.07, 6.45) is 1.84. The van der Waals surface area contributed by atoms with Crippen LogP contribution in [0.1, 0.15) is 57.3 Å². The average Bonchev–Trinajstić information content (AvgIpc) is 2.95. The molecule has 0 spiro atoms. The Labute approximate surface area is 149 Å². The smallest absolute Gasteiger partial charge is 0.236 e. The Morgan fingerprint density at radius 2 is 1.83 bits per heavy atom. The van der Waals surface area contributed by atoms with Crippen molar-refractivity contribution in [2.75, 3.05) is 13.6 Å². The molecule has 0 fully saturated rings. The highest BCUT2D eigenvalue weighted by Crippen LogP contribution is 2.21.